The van der Waals surface area contributed by atoms with E-state index >= 15 is 0 Å². The van der Waals surface area contributed by atoms with Gasteiger partial charge in [0.25, 0.3) is 0 Å². The van der Waals surface area contributed by atoms with Gasteiger partial charge in [0, 0.05) is 16.0 Å². The summed E-state index contributed by atoms with van der Waals surface area (Å²) in [5.74, 6) is 1.72. The minimum absolute atomic E-state index is 0.155. The van der Waals surface area contributed by atoms with Crippen molar-refractivity contribution in [3.8, 4) is 11.5 Å². The second-order valence-corrected chi connectivity index (χ2v) is 6.20. The first-order chi connectivity index (χ1) is 10.2. The van der Waals surface area contributed by atoms with Crippen LogP contribution in [-0.4, -0.2) is 19.0 Å². The summed E-state index contributed by atoms with van der Waals surface area (Å²) in [6.07, 6.45) is 5.57. The molecule has 116 valence electrons. The standard InChI is InChI=1S/C17H23BrO3/c1-3-20-15-10-13(14(18)11-16(15)21-4-2)17(19)12-8-6-5-7-9-12/h10-12H,3-9H2,1-2H3. The highest BCUT2D eigenvalue weighted by Crippen LogP contribution is 2.36. The lowest BCUT2D eigenvalue weighted by atomic mass is 9.84. The van der Waals surface area contributed by atoms with E-state index in [1.54, 1.807) is 0 Å². The Morgan fingerprint density at radius 2 is 1.67 bits per heavy atom. The van der Waals surface area contributed by atoms with Crippen molar-refractivity contribution in [2.75, 3.05) is 13.2 Å². The molecule has 1 fully saturated rings. The molecule has 0 N–H and O–H groups in total. The molecule has 0 saturated heterocycles. The molecule has 0 amide bonds. The summed E-state index contributed by atoms with van der Waals surface area (Å²) in [5.41, 5.74) is 0.716. The molecule has 2 rings (SSSR count). The highest BCUT2D eigenvalue weighted by atomic mass is 79.9. The van der Waals surface area contributed by atoms with Crippen molar-refractivity contribution in [3.63, 3.8) is 0 Å². The molecule has 0 radical (unpaired) electrons. The Hall–Kier alpha value is -1.03. The van der Waals surface area contributed by atoms with Crippen LogP contribution in [0.15, 0.2) is 16.6 Å². The number of ether oxygens (including phenoxy) is 2. The average molecular weight is 355 g/mol. The summed E-state index contributed by atoms with van der Waals surface area (Å²) in [6.45, 7) is 4.99. The van der Waals surface area contributed by atoms with Crippen molar-refractivity contribution in [1.82, 2.24) is 0 Å². The zero-order chi connectivity index (χ0) is 15.2. The quantitative estimate of drug-likeness (QED) is 0.673. The summed E-state index contributed by atoms with van der Waals surface area (Å²) in [6, 6.07) is 3.68. The second kappa shape index (κ2) is 7.83. The van der Waals surface area contributed by atoms with Crippen LogP contribution < -0.4 is 9.47 Å². The van der Waals surface area contributed by atoms with Gasteiger partial charge in [0.15, 0.2) is 17.3 Å². The topological polar surface area (TPSA) is 35.5 Å². The molecular weight excluding hydrogens is 332 g/mol. The molecule has 0 bridgehead atoms. The molecule has 0 spiro atoms. The van der Waals surface area contributed by atoms with Gasteiger partial charge in [-0.15, -0.1) is 0 Å². The maximum absolute atomic E-state index is 12.7. The fraction of sp³-hybridized carbons (Fsp3) is 0.588. The largest absolute Gasteiger partial charge is 0.490 e. The molecule has 0 heterocycles. The second-order valence-electron chi connectivity index (χ2n) is 5.34. The number of ketones is 1. The van der Waals surface area contributed by atoms with E-state index in [0.717, 1.165) is 30.2 Å². The number of rotatable bonds is 6. The van der Waals surface area contributed by atoms with Crippen LogP contribution in [0.3, 0.4) is 0 Å². The number of Topliss-reactive ketones (excluding diaryl/α,β-unsaturated/α-hetero) is 1. The van der Waals surface area contributed by atoms with Crippen molar-refractivity contribution in [1.29, 1.82) is 0 Å². The van der Waals surface area contributed by atoms with Crippen molar-refractivity contribution in [3.05, 3.63) is 22.2 Å². The van der Waals surface area contributed by atoms with E-state index in [1.165, 1.54) is 6.42 Å². The fourth-order valence-electron chi connectivity index (χ4n) is 2.85. The fourth-order valence-corrected chi connectivity index (χ4v) is 3.36. The van der Waals surface area contributed by atoms with Crippen LogP contribution in [0.2, 0.25) is 0 Å². The van der Waals surface area contributed by atoms with Gasteiger partial charge in [0.05, 0.1) is 13.2 Å². The number of halogens is 1. The SMILES string of the molecule is CCOc1cc(Br)c(C(=O)C2CCCCC2)cc1OCC. The smallest absolute Gasteiger partial charge is 0.167 e. The lowest BCUT2D eigenvalue weighted by Gasteiger charge is -2.21. The van der Waals surface area contributed by atoms with E-state index in [0.29, 0.717) is 30.3 Å². The van der Waals surface area contributed by atoms with Crippen molar-refractivity contribution in [2.24, 2.45) is 5.92 Å². The molecule has 0 aliphatic heterocycles. The lowest BCUT2D eigenvalue weighted by molar-refractivity contribution is 0.0888. The molecule has 0 atom stereocenters. The lowest BCUT2D eigenvalue weighted by Crippen LogP contribution is -2.18. The Morgan fingerprint density at radius 1 is 1.10 bits per heavy atom. The van der Waals surface area contributed by atoms with Gasteiger partial charge < -0.3 is 9.47 Å². The maximum atomic E-state index is 12.7. The number of carbonyl (C=O) groups excluding carboxylic acids is 1. The third kappa shape index (κ3) is 4.00. The van der Waals surface area contributed by atoms with Crippen molar-refractivity contribution >= 4 is 21.7 Å². The molecule has 3 nitrogen and oxygen atoms in total. The van der Waals surface area contributed by atoms with Crippen molar-refractivity contribution < 1.29 is 14.3 Å². The summed E-state index contributed by atoms with van der Waals surface area (Å²) in [5, 5.41) is 0. The van der Waals surface area contributed by atoms with Crippen LogP contribution in [-0.2, 0) is 0 Å². The van der Waals surface area contributed by atoms with Gasteiger partial charge in [-0.1, -0.05) is 19.3 Å². The third-order valence-corrected chi connectivity index (χ3v) is 4.53. The summed E-state index contributed by atoms with van der Waals surface area (Å²) >= 11 is 3.51. The van der Waals surface area contributed by atoms with E-state index in [-0.39, 0.29) is 11.7 Å². The molecule has 1 saturated carbocycles. The van der Waals surface area contributed by atoms with Gasteiger partial charge >= 0.3 is 0 Å². The molecule has 4 heteroatoms. The molecular formula is C17H23BrO3. The Balaban J connectivity index is 2.29. The van der Waals surface area contributed by atoms with Crippen LogP contribution in [0.5, 0.6) is 11.5 Å². The van der Waals surface area contributed by atoms with Crippen LogP contribution >= 0.6 is 15.9 Å². The Kier molecular flexibility index (Phi) is 6.09. The zero-order valence-corrected chi connectivity index (χ0v) is 14.4. The number of hydrogen-bond donors (Lipinski definition) is 0. The molecule has 0 unspecified atom stereocenters. The van der Waals surface area contributed by atoms with Crippen LogP contribution in [0.25, 0.3) is 0 Å². The van der Waals surface area contributed by atoms with Crippen molar-refractivity contribution in [2.45, 2.75) is 46.0 Å². The Labute approximate surface area is 135 Å². The van der Waals surface area contributed by atoms with Gasteiger partial charge in [-0.25, -0.2) is 0 Å². The maximum Gasteiger partial charge on any atom is 0.167 e. The van der Waals surface area contributed by atoms with E-state index in [1.807, 2.05) is 26.0 Å². The molecule has 1 aromatic rings. The van der Waals surface area contributed by atoms with E-state index in [4.69, 9.17) is 9.47 Å². The monoisotopic (exact) mass is 354 g/mol. The number of benzene rings is 1. The van der Waals surface area contributed by atoms with Crippen LogP contribution in [0.1, 0.15) is 56.3 Å². The predicted octanol–water partition coefficient (Wildman–Crippen LogP) is 5.01. The first-order valence-electron chi connectivity index (χ1n) is 7.80. The molecule has 0 aromatic heterocycles. The van der Waals surface area contributed by atoms with Crippen LogP contribution in [0, 0.1) is 5.92 Å². The minimum Gasteiger partial charge on any atom is -0.490 e. The Bertz CT molecular complexity index is 493. The Morgan fingerprint density at radius 3 is 2.24 bits per heavy atom. The normalized spacial score (nSPS) is 15.8. The summed E-state index contributed by atoms with van der Waals surface area (Å²) < 4.78 is 12.0. The summed E-state index contributed by atoms with van der Waals surface area (Å²) in [4.78, 5) is 12.7. The van der Waals surface area contributed by atoms with Gasteiger partial charge in [-0.3, -0.25) is 4.79 Å². The molecule has 1 aliphatic carbocycles. The van der Waals surface area contributed by atoms with Gasteiger partial charge in [0.2, 0.25) is 0 Å². The minimum atomic E-state index is 0.155. The van der Waals surface area contributed by atoms with Gasteiger partial charge in [-0.05, 0) is 54.8 Å². The van der Waals surface area contributed by atoms with E-state index in [2.05, 4.69) is 15.9 Å². The molecule has 21 heavy (non-hydrogen) atoms. The van der Waals surface area contributed by atoms with E-state index < -0.39 is 0 Å². The molecule has 1 aliphatic rings. The zero-order valence-electron chi connectivity index (χ0n) is 12.8. The number of carbonyl (C=O) groups is 1. The highest BCUT2D eigenvalue weighted by Gasteiger charge is 2.25. The summed E-state index contributed by atoms with van der Waals surface area (Å²) in [7, 11) is 0. The van der Waals surface area contributed by atoms with Crippen LogP contribution in [0.4, 0.5) is 0 Å². The first-order valence-corrected chi connectivity index (χ1v) is 8.60. The van der Waals surface area contributed by atoms with Gasteiger partial charge in [-0.2, -0.15) is 0 Å². The van der Waals surface area contributed by atoms with E-state index in [9.17, 15) is 4.79 Å². The third-order valence-electron chi connectivity index (χ3n) is 3.87. The predicted molar refractivity (Wildman–Crippen MR) is 87.4 cm³/mol. The highest BCUT2D eigenvalue weighted by molar-refractivity contribution is 9.10. The molecule has 1 aromatic carbocycles. The first kappa shape index (κ1) is 16.3. The van der Waals surface area contributed by atoms with Gasteiger partial charge in [0.1, 0.15) is 0 Å². The number of hydrogen-bond acceptors (Lipinski definition) is 3. The average Bonchev–Trinajstić information content (AvgIpc) is 2.50.